The van der Waals surface area contributed by atoms with Crippen molar-refractivity contribution in [3.05, 3.63) is 0 Å². The number of nitrogens with zero attached hydrogens (tertiary/aromatic N) is 1. The number of rotatable bonds is 5. The third kappa shape index (κ3) is 24.7. The molecule has 1 N–H and O–H groups in total. The Bertz CT molecular complexity index is 160. The molecule has 0 rings (SSSR count). The fourth-order valence-electron chi connectivity index (χ4n) is 1.16. The summed E-state index contributed by atoms with van der Waals surface area (Å²) in [5.74, 6) is -1.08. The second-order valence-electron chi connectivity index (χ2n) is 4.76. The van der Waals surface area contributed by atoms with Gasteiger partial charge in [-0.3, -0.25) is 0 Å². The van der Waals surface area contributed by atoms with Gasteiger partial charge in [-0.25, -0.2) is 0 Å². The zero-order chi connectivity index (χ0) is 12.5. The van der Waals surface area contributed by atoms with Crippen molar-refractivity contribution in [3.8, 4) is 0 Å². The number of aliphatic carboxylic acids is 1. The number of carboxylic acid groups (broad SMARTS) is 1. The molecule has 15 heavy (non-hydrogen) atoms. The molecule has 0 aliphatic carbocycles. The van der Waals surface area contributed by atoms with E-state index in [1.807, 2.05) is 0 Å². The molecule has 0 fully saturated rings. The molecule has 0 aliphatic heterocycles. The summed E-state index contributed by atoms with van der Waals surface area (Å²) < 4.78 is 0.852. The summed E-state index contributed by atoms with van der Waals surface area (Å²) in [5.41, 5.74) is 0. The van der Waals surface area contributed by atoms with E-state index in [0.29, 0.717) is 0 Å². The van der Waals surface area contributed by atoms with Gasteiger partial charge >= 0.3 is 0 Å². The van der Waals surface area contributed by atoms with E-state index in [1.54, 1.807) is 0 Å². The van der Waals surface area contributed by atoms with Gasteiger partial charge in [0.05, 0.1) is 21.1 Å². The summed E-state index contributed by atoms with van der Waals surface area (Å²) in [6, 6.07) is 0. The molecule has 0 heterocycles. The van der Waals surface area contributed by atoms with Crippen molar-refractivity contribution in [2.24, 2.45) is 0 Å². The highest BCUT2D eigenvalue weighted by Crippen LogP contribution is 2.03. The van der Waals surface area contributed by atoms with Crippen molar-refractivity contribution in [3.63, 3.8) is 0 Å². The molecule has 0 aromatic rings. The zero-order valence-electron chi connectivity index (χ0n) is 10.6. The molecule has 4 nitrogen and oxygen atoms in total. The summed E-state index contributed by atoms with van der Waals surface area (Å²) in [6.07, 6.45) is 3.15. The van der Waals surface area contributed by atoms with Crippen LogP contribution in [0.2, 0.25) is 0 Å². The standard InChI is InChI=1S/C9H22NO.C2H4O2/c1-5-6-7-9(11)8-10(2,3)4;1-2(3)4/h9,11H,5-8H2,1-4H3;1H3,(H,3,4)/q+1;/p-1. The lowest BCUT2D eigenvalue weighted by molar-refractivity contribution is -0.873. The third-order valence-corrected chi connectivity index (χ3v) is 1.65. The summed E-state index contributed by atoms with van der Waals surface area (Å²) in [5, 5.41) is 18.4. The van der Waals surface area contributed by atoms with Crippen LogP contribution in [-0.2, 0) is 4.79 Å². The maximum atomic E-state index is 9.50. The minimum Gasteiger partial charge on any atom is -0.550 e. The SMILES string of the molecule is CC(=O)[O-].CCCCC(O)C[N+](C)(C)C. The van der Waals surface area contributed by atoms with E-state index < -0.39 is 5.97 Å². The molecular weight excluding hydrogens is 194 g/mol. The lowest BCUT2D eigenvalue weighted by Gasteiger charge is -2.26. The smallest absolute Gasteiger partial charge is 0.104 e. The number of hydrogen-bond acceptors (Lipinski definition) is 3. The molecule has 0 aromatic carbocycles. The van der Waals surface area contributed by atoms with Crippen LogP contribution in [-0.4, -0.2) is 49.4 Å². The van der Waals surface area contributed by atoms with Gasteiger partial charge in [-0.2, -0.15) is 0 Å². The van der Waals surface area contributed by atoms with Crippen LogP contribution in [0.5, 0.6) is 0 Å². The van der Waals surface area contributed by atoms with Gasteiger partial charge in [-0.1, -0.05) is 19.8 Å². The molecule has 92 valence electrons. The normalized spacial score (nSPS) is 12.7. The van der Waals surface area contributed by atoms with Crippen molar-refractivity contribution >= 4 is 5.97 Å². The molecule has 0 spiro atoms. The van der Waals surface area contributed by atoms with Crippen molar-refractivity contribution in [2.75, 3.05) is 27.7 Å². The van der Waals surface area contributed by atoms with Gasteiger partial charge in [0.25, 0.3) is 0 Å². The van der Waals surface area contributed by atoms with Crippen LogP contribution in [0.3, 0.4) is 0 Å². The van der Waals surface area contributed by atoms with Crippen LogP contribution < -0.4 is 5.11 Å². The molecular formula is C11H25NO3. The average molecular weight is 219 g/mol. The van der Waals surface area contributed by atoms with Crippen molar-refractivity contribution in [1.82, 2.24) is 0 Å². The molecule has 0 amide bonds. The first-order valence-electron chi connectivity index (χ1n) is 5.35. The van der Waals surface area contributed by atoms with Crippen LogP contribution >= 0.6 is 0 Å². The fourth-order valence-corrected chi connectivity index (χ4v) is 1.16. The summed E-state index contributed by atoms with van der Waals surface area (Å²) in [7, 11) is 6.32. The maximum Gasteiger partial charge on any atom is 0.104 e. The van der Waals surface area contributed by atoms with E-state index >= 15 is 0 Å². The monoisotopic (exact) mass is 219 g/mol. The number of carbonyl (C=O) groups is 1. The number of aliphatic hydroxyl groups is 1. The topological polar surface area (TPSA) is 60.4 Å². The number of carboxylic acids is 1. The highest BCUT2D eigenvalue weighted by Gasteiger charge is 2.13. The molecule has 0 saturated heterocycles. The van der Waals surface area contributed by atoms with E-state index in [4.69, 9.17) is 9.90 Å². The summed E-state index contributed by atoms with van der Waals surface area (Å²) in [6.45, 7) is 3.98. The lowest BCUT2D eigenvalue weighted by atomic mass is 10.1. The first kappa shape index (κ1) is 16.8. The average Bonchev–Trinajstić information content (AvgIpc) is 1.96. The van der Waals surface area contributed by atoms with E-state index in [1.165, 1.54) is 6.42 Å². The minimum atomic E-state index is -1.08. The first-order valence-corrected chi connectivity index (χ1v) is 5.35. The Morgan fingerprint density at radius 1 is 1.40 bits per heavy atom. The zero-order valence-corrected chi connectivity index (χ0v) is 10.6. The Morgan fingerprint density at radius 3 is 2.07 bits per heavy atom. The van der Waals surface area contributed by atoms with Gasteiger partial charge in [0.15, 0.2) is 0 Å². The minimum absolute atomic E-state index is 0.116. The largest absolute Gasteiger partial charge is 0.550 e. The molecule has 0 aromatic heterocycles. The predicted octanol–water partition coefficient (Wildman–Crippen LogP) is -0.0001000. The molecule has 1 unspecified atom stereocenters. The van der Waals surface area contributed by atoms with Crippen molar-refractivity contribution in [1.29, 1.82) is 0 Å². The van der Waals surface area contributed by atoms with Gasteiger partial charge in [0, 0.05) is 5.97 Å². The Labute approximate surface area is 93.1 Å². The van der Waals surface area contributed by atoms with Gasteiger partial charge < -0.3 is 19.5 Å². The van der Waals surface area contributed by atoms with Gasteiger partial charge in [0.2, 0.25) is 0 Å². The predicted molar refractivity (Wildman–Crippen MR) is 59.1 cm³/mol. The fraction of sp³-hybridized carbons (Fsp3) is 0.909. The molecule has 4 heteroatoms. The van der Waals surface area contributed by atoms with Gasteiger partial charge in [0.1, 0.15) is 12.6 Å². The highest BCUT2D eigenvalue weighted by atomic mass is 16.4. The van der Waals surface area contributed by atoms with Crippen molar-refractivity contribution in [2.45, 2.75) is 39.2 Å². The number of quaternary nitrogens is 1. The van der Waals surface area contributed by atoms with Crippen LogP contribution in [0.1, 0.15) is 33.1 Å². The summed E-state index contributed by atoms with van der Waals surface area (Å²) in [4.78, 5) is 8.89. The van der Waals surface area contributed by atoms with Crippen molar-refractivity contribution < 1.29 is 19.5 Å². The number of aliphatic hydroxyl groups excluding tert-OH is 1. The Kier molecular flexibility index (Phi) is 9.72. The van der Waals surface area contributed by atoms with Crippen LogP contribution in [0.4, 0.5) is 0 Å². The van der Waals surface area contributed by atoms with E-state index in [-0.39, 0.29) is 6.10 Å². The molecule has 0 saturated carbocycles. The second-order valence-corrected chi connectivity index (χ2v) is 4.76. The molecule has 1 atom stereocenters. The first-order chi connectivity index (χ1) is 6.69. The number of likely N-dealkylation sites (N-methyl/N-ethyl adjacent to an activating group) is 1. The van der Waals surface area contributed by atoms with E-state index in [0.717, 1.165) is 30.8 Å². The highest BCUT2D eigenvalue weighted by molar-refractivity contribution is 5.60. The maximum absolute atomic E-state index is 9.50. The molecule has 0 bridgehead atoms. The third-order valence-electron chi connectivity index (χ3n) is 1.65. The molecule has 0 aliphatic rings. The number of hydrogen-bond donors (Lipinski definition) is 1. The lowest BCUT2D eigenvalue weighted by Crippen LogP contribution is -2.41. The Balaban J connectivity index is 0. The second kappa shape index (κ2) is 8.68. The Morgan fingerprint density at radius 2 is 1.80 bits per heavy atom. The quantitative estimate of drug-likeness (QED) is 0.662. The molecule has 0 radical (unpaired) electrons. The number of carbonyl (C=O) groups excluding carboxylic acids is 1. The van der Waals surface area contributed by atoms with E-state index in [2.05, 4.69) is 28.1 Å². The van der Waals surface area contributed by atoms with Gasteiger partial charge in [-0.05, 0) is 13.3 Å². The van der Waals surface area contributed by atoms with Gasteiger partial charge in [-0.15, -0.1) is 0 Å². The number of unbranched alkanes of at least 4 members (excludes halogenated alkanes) is 1. The summed E-state index contributed by atoms with van der Waals surface area (Å²) >= 11 is 0. The van der Waals surface area contributed by atoms with E-state index in [9.17, 15) is 5.11 Å². The Hall–Kier alpha value is -0.610. The van der Waals surface area contributed by atoms with Crippen LogP contribution in [0.25, 0.3) is 0 Å². The van der Waals surface area contributed by atoms with Crippen LogP contribution in [0.15, 0.2) is 0 Å². The van der Waals surface area contributed by atoms with Crippen LogP contribution in [0, 0.1) is 0 Å².